The third kappa shape index (κ3) is 80.1. The Morgan fingerprint density at radius 1 is 0.255 bits per heavy atom. The molecule has 0 fully saturated rings. The Bertz CT molecular complexity index is 2040. The molecule has 0 spiro atoms. The average Bonchev–Trinajstić information content (AvgIpc) is 0.900. The lowest BCUT2D eigenvalue weighted by Gasteiger charge is -2.21. The molecule has 17 nitrogen and oxygen atoms in total. The van der Waals surface area contributed by atoms with Gasteiger partial charge >= 0.3 is 39.5 Å². The van der Waals surface area contributed by atoms with E-state index in [4.69, 9.17) is 37.0 Å². The molecule has 2 unspecified atom stereocenters. The van der Waals surface area contributed by atoms with E-state index in [0.717, 1.165) is 108 Å². The molecular weight excluding hydrogens is 1380 g/mol. The largest absolute Gasteiger partial charge is 0.472 e. The van der Waals surface area contributed by atoms with Gasteiger partial charge in [0.05, 0.1) is 26.4 Å². The molecule has 0 aromatic heterocycles. The smallest absolute Gasteiger partial charge is 0.462 e. The first-order valence-electron chi connectivity index (χ1n) is 44.8. The molecule has 0 amide bonds. The summed E-state index contributed by atoms with van der Waals surface area (Å²) in [4.78, 5) is 73.3. The molecule has 19 heteroatoms. The first-order chi connectivity index (χ1) is 51.2. The van der Waals surface area contributed by atoms with Gasteiger partial charge in [0.15, 0.2) is 12.2 Å². The first-order valence-corrected chi connectivity index (χ1v) is 47.8. The van der Waals surface area contributed by atoms with Crippen molar-refractivity contribution in [1.82, 2.24) is 0 Å². The van der Waals surface area contributed by atoms with Gasteiger partial charge in [-0.05, 0) is 43.4 Å². The third-order valence-electron chi connectivity index (χ3n) is 20.4. The van der Waals surface area contributed by atoms with E-state index in [9.17, 15) is 43.2 Å². The molecule has 0 saturated heterocycles. The fourth-order valence-electron chi connectivity index (χ4n) is 13.5. The van der Waals surface area contributed by atoms with Crippen molar-refractivity contribution in [2.24, 2.45) is 17.8 Å². The molecule has 0 aromatic rings. The summed E-state index contributed by atoms with van der Waals surface area (Å²) in [7, 11) is -9.93. The van der Waals surface area contributed by atoms with Gasteiger partial charge in [-0.25, -0.2) is 9.13 Å². The second kappa shape index (κ2) is 77.0. The average molecular weight is 1550 g/mol. The highest BCUT2D eigenvalue weighted by molar-refractivity contribution is 7.47. The zero-order valence-electron chi connectivity index (χ0n) is 69.9. The van der Waals surface area contributed by atoms with E-state index in [-0.39, 0.29) is 25.7 Å². The molecule has 0 radical (unpaired) electrons. The van der Waals surface area contributed by atoms with Crippen molar-refractivity contribution in [3.05, 3.63) is 0 Å². The van der Waals surface area contributed by atoms with Gasteiger partial charge in [-0.3, -0.25) is 37.3 Å². The molecule has 0 heterocycles. The van der Waals surface area contributed by atoms with E-state index in [1.165, 1.54) is 270 Å². The van der Waals surface area contributed by atoms with E-state index >= 15 is 0 Å². The Morgan fingerprint density at radius 3 is 0.642 bits per heavy atom. The lowest BCUT2D eigenvalue weighted by molar-refractivity contribution is -0.161. The maximum Gasteiger partial charge on any atom is 0.472 e. The number of rotatable bonds is 85. The number of phosphoric acid groups is 2. The van der Waals surface area contributed by atoms with Crippen LogP contribution >= 0.6 is 15.6 Å². The minimum Gasteiger partial charge on any atom is -0.462 e. The van der Waals surface area contributed by atoms with Gasteiger partial charge in [-0.1, -0.05) is 408 Å². The Labute approximate surface area is 651 Å². The summed E-state index contributed by atoms with van der Waals surface area (Å²) < 4.78 is 69.0. The van der Waals surface area contributed by atoms with Crippen LogP contribution in [-0.4, -0.2) is 96.7 Å². The molecule has 3 N–H and O–H groups in total. The summed E-state index contributed by atoms with van der Waals surface area (Å²) >= 11 is 0. The second-order valence-corrected chi connectivity index (χ2v) is 35.6. The highest BCUT2D eigenvalue weighted by Gasteiger charge is 2.30. The standard InChI is InChI=1S/C87H170O17P2/c1-8-9-10-11-12-13-14-23-33-40-47-54-61-68-84(89)97-74-82(104-87(92)71-64-57-50-43-36-29-22-26-32-39-46-53-60-67-80(6)7)76-101-105(93,94)99-72-81(88)73-100-106(95,96)102-77-83(75-98-85(90)69-62-55-48-41-34-28-21-25-31-38-45-52-59-66-79(4)5)103-86(91)70-63-56-49-42-35-27-20-18-16-15-17-19-24-30-37-44-51-58-65-78(2)3/h78-83,88H,8-77H2,1-7H3,(H,93,94)(H,95,96)/t81-,82+,83+/m0/s1. The van der Waals surface area contributed by atoms with Crippen molar-refractivity contribution in [2.45, 2.75) is 478 Å². The summed E-state index contributed by atoms with van der Waals surface area (Å²) in [5.41, 5.74) is 0. The van der Waals surface area contributed by atoms with Crippen LogP contribution in [0, 0.1) is 17.8 Å². The van der Waals surface area contributed by atoms with Crippen molar-refractivity contribution in [1.29, 1.82) is 0 Å². The van der Waals surface area contributed by atoms with E-state index < -0.39 is 97.5 Å². The summed E-state index contributed by atoms with van der Waals surface area (Å²) in [5.74, 6) is 0.297. The van der Waals surface area contributed by atoms with E-state index in [1.807, 2.05) is 0 Å². The zero-order valence-corrected chi connectivity index (χ0v) is 71.7. The van der Waals surface area contributed by atoms with Crippen molar-refractivity contribution in [3.8, 4) is 0 Å². The Kier molecular flexibility index (Phi) is 75.6. The Hall–Kier alpha value is -1.94. The van der Waals surface area contributed by atoms with Crippen LogP contribution in [0.2, 0.25) is 0 Å². The van der Waals surface area contributed by atoms with Gasteiger partial charge in [-0.2, -0.15) is 0 Å². The molecule has 0 aromatic carbocycles. The number of ether oxygens (including phenoxy) is 4. The Balaban J connectivity index is 5.26. The number of carbonyl (C=O) groups excluding carboxylic acids is 4. The number of phosphoric ester groups is 2. The van der Waals surface area contributed by atoms with Crippen LogP contribution in [0.4, 0.5) is 0 Å². The topological polar surface area (TPSA) is 237 Å². The van der Waals surface area contributed by atoms with Gasteiger partial charge in [0.2, 0.25) is 0 Å². The third-order valence-corrected chi connectivity index (χ3v) is 22.3. The van der Waals surface area contributed by atoms with Crippen molar-refractivity contribution < 1.29 is 80.2 Å². The fraction of sp³-hybridized carbons (Fsp3) is 0.954. The SMILES string of the molecule is CCCCCCCCCCCCCCCC(=O)OC[C@H](COP(=O)(O)OC[C@H](O)COP(=O)(O)OC[C@@H](COC(=O)CCCCCCCCCCCCCCCC(C)C)OC(=O)CCCCCCCCCCCCCCCCCCCCC(C)C)OC(=O)CCCCCCCCCCCCCCCC(C)C. The number of aliphatic hydroxyl groups excluding tert-OH is 1. The number of aliphatic hydroxyl groups is 1. The first kappa shape index (κ1) is 104. The number of unbranched alkanes of at least 4 members (excludes halogenated alkanes) is 53. The zero-order chi connectivity index (χ0) is 77.9. The minimum atomic E-state index is -4.97. The fourth-order valence-corrected chi connectivity index (χ4v) is 15.1. The molecular formula is C87H170O17P2. The number of hydrogen-bond donors (Lipinski definition) is 3. The molecule has 0 bridgehead atoms. The highest BCUT2D eigenvalue weighted by atomic mass is 31.2. The minimum absolute atomic E-state index is 0.108. The quantitative estimate of drug-likeness (QED) is 0.0222. The predicted molar refractivity (Wildman–Crippen MR) is 437 cm³/mol. The highest BCUT2D eigenvalue weighted by Crippen LogP contribution is 2.45. The second-order valence-electron chi connectivity index (χ2n) is 32.7. The monoisotopic (exact) mass is 1550 g/mol. The van der Waals surface area contributed by atoms with Crippen LogP contribution in [0.1, 0.15) is 459 Å². The molecule has 0 aliphatic rings. The van der Waals surface area contributed by atoms with E-state index in [2.05, 4.69) is 48.5 Å². The van der Waals surface area contributed by atoms with Crippen LogP contribution in [0.15, 0.2) is 0 Å². The maximum absolute atomic E-state index is 13.2. The van der Waals surface area contributed by atoms with Crippen molar-refractivity contribution in [2.75, 3.05) is 39.6 Å². The summed E-state index contributed by atoms with van der Waals surface area (Å²) in [6.07, 6.45) is 67.9. The number of hydrogen-bond acceptors (Lipinski definition) is 15. The summed E-state index contributed by atoms with van der Waals surface area (Å²) in [6, 6.07) is 0. The number of esters is 4. The van der Waals surface area contributed by atoms with Crippen molar-refractivity contribution in [3.63, 3.8) is 0 Å². The van der Waals surface area contributed by atoms with Gasteiger partial charge in [0.1, 0.15) is 19.3 Å². The lowest BCUT2D eigenvalue weighted by Crippen LogP contribution is -2.30. The van der Waals surface area contributed by atoms with Crippen LogP contribution in [-0.2, 0) is 65.4 Å². The lowest BCUT2D eigenvalue weighted by atomic mass is 10.0. The van der Waals surface area contributed by atoms with Crippen LogP contribution in [0.25, 0.3) is 0 Å². The van der Waals surface area contributed by atoms with Crippen LogP contribution in [0.5, 0.6) is 0 Å². The van der Waals surface area contributed by atoms with Crippen molar-refractivity contribution >= 4 is 39.5 Å². The number of carbonyl (C=O) groups is 4. The molecule has 0 rings (SSSR count). The molecule has 0 saturated carbocycles. The summed E-state index contributed by atoms with van der Waals surface area (Å²) in [6.45, 7) is 12.1. The van der Waals surface area contributed by atoms with Gasteiger partial charge in [-0.15, -0.1) is 0 Å². The van der Waals surface area contributed by atoms with Gasteiger partial charge in [0, 0.05) is 25.7 Å². The Morgan fingerprint density at radius 2 is 0.434 bits per heavy atom. The van der Waals surface area contributed by atoms with Gasteiger partial charge < -0.3 is 33.8 Å². The molecule has 630 valence electrons. The molecule has 5 atom stereocenters. The molecule has 0 aliphatic heterocycles. The normalized spacial score (nSPS) is 13.9. The predicted octanol–water partition coefficient (Wildman–Crippen LogP) is 26.5. The van der Waals surface area contributed by atoms with Gasteiger partial charge in [0.25, 0.3) is 0 Å². The summed E-state index contributed by atoms with van der Waals surface area (Å²) in [5, 5.41) is 10.7. The van der Waals surface area contributed by atoms with E-state index in [1.54, 1.807) is 0 Å². The van der Waals surface area contributed by atoms with Crippen LogP contribution < -0.4 is 0 Å². The maximum atomic E-state index is 13.2. The molecule has 106 heavy (non-hydrogen) atoms. The molecule has 0 aliphatic carbocycles. The van der Waals surface area contributed by atoms with Crippen LogP contribution in [0.3, 0.4) is 0 Å². The van der Waals surface area contributed by atoms with E-state index in [0.29, 0.717) is 25.7 Å².